The number of nitrogens with zero attached hydrogens (tertiary/aromatic N) is 1. The molecule has 6 heteroatoms. The van der Waals surface area contributed by atoms with Gasteiger partial charge in [-0.2, -0.15) is 5.10 Å². The zero-order valence-corrected chi connectivity index (χ0v) is 15.1. The molecule has 130 valence electrons. The van der Waals surface area contributed by atoms with Crippen LogP contribution in [0.3, 0.4) is 0 Å². The molecule has 0 heterocycles. The van der Waals surface area contributed by atoms with Gasteiger partial charge in [-0.1, -0.05) is 62.7 Å². The van der Waals surface area contributed by atoms with Crippen LogP contribution >= 0.6 is 11.6 Å². The van der Waals surface area contributed by atoms with Gasteiger partial charge in [0, 0.05) is 10.7 Å². The maximum Gasteiger partial charge on any atom is 0.329 e. The fraction of sp³-hybridized carbons (Fsp3) is 0.211. The summed E-state index contributed by atoms with van der Waals surface area (Å²) in [5.74, 6) is -1.68. The Bertz CT molecular complexity index is 793. The molecule has 0 bridgehead atoms. The van der Waals surface area contributed by atoms with Crippen molar-refractivity contribution in [3.63, 3.8) is 0 Å². The highest BCUT2D eigenvalue weighted by Gasteiger charge is 2.13. The van der Waals surface area contributed by atoms with E-state index in [0.29, 0.717) is 10.7 Å². The van der Waals surface area contributed by atoms with E-state index in [-0.39, 0.29) is 5.41 Å². The largest absolute Gasteiger partial charge is 0.329 e. The minimum Gasteiger partial charge on any atom is -0.318 e. The van der Waals surface area contributed by atoms with Crippen molar-refractivity contribution in [2.45, 2.75) is 26.2 Å². The van der Waals surface area contributed by atoms with Crippen LogP contribution in [0, 0.1) is 0 Å². The highest BCUT2D eigenvalue weighted by molar-refractivity contribution is 6.39. The molecule has 2 amide bonds. The predicted molar refractivity (Wildman–Crippen MR) is 101 cm³/mol. The first-order chi connectivity index (χ1) is 11.8. The number of nitrogens with one attached hydrogen (secondary N) is 2. The molecule has 0 saturated carbocycles. The zero-order valence-electron chi connectivity index (χ0n) is 14.3. The Kier molecular flexibility index (Phi) is 5.93. The second-order valence-corrected chi connectivity index (χ2v) is 6.97. The lowest BCUT2D eigenvalue weighted by Gasteiger charge is -2.18. The van der Waals surface area contributed by atoms with Crippen molar-refractivity contribution in [3.05, 3.63) is 64.7 Å². The first-order valence-corrected chi connectivity index (χ1v) is 8.14. The van der Waals surface area contributed by atoms with E-state index < -0.39 is 11.8 Å². The third kappa shape index (κ3) is 5.72. The molecule has 0 fully saturated rings. The number of anilines is 1. The molecular formula is C19H20ClN3O2. The Morgan fingerprint density at radius 2 is 1.72 bits per heavy atom. The summed E-state index contributed by atoms with van der Waals surface area (Å²) in [4.78, 5) is 23.5. The number of hydrogen-bond donors (Lipinski definition) is 2. The monoisotopic (exact) mass is 357 g/mol. The first-order valence-electron chi connectivity index (χ1n) is 7.76. The van der Waals surface area contributed by atoms with Crippen molar-refractivity contribution in [3.8, 4) is 0 Å². The Hall–Kier alpha value is -2.66. The van der Waals surface area contributed by atoms with Crippen molar-refractivity contribution in [2.24, 2.45) is 5.10 Å². The molecule has 0 radical (unpaired) electrons. The number of hydrazone groups is 1. The topological polar surface area (TPSA) is 70.6 Å². The fourth-order valence-electron chi connectivity index (χ4n) is 2.04. The van der Waals surface area contributed by atoms with Crippen LogP contribution in [0.1, 0.15) is 31.9 Å². The number of hydrogen-bond acceptors (Lipinski definition) is 3. The number of carbonyl (C=O) groups is 2. The quantitative estimate of drug-likeness (QED) is 0.499. The standard InChI is InChI=1S/C19H20ClN3O2/c1-19(2,3)14-9-7-13(8-10-14)12-21-23-18(25)17(24)22-16-6-4-5-15(20)11-16/h4-12H,1-3H3,(H,22,24)(H,23,25)/b21-12-. The Morgan fingerprint density at radius 3 is 2.32 bits per heavy atom. The molecule has 0 saturated heterocycles. The zero-order chi connectivity index (χ0) is 18.4. The van der Waals surface area contributed by atoms with E-state index in [1.54, 1.807) is 24.3 Å². The van der Waals surface area contributed by atoms with E-state index in [4.69, 9.17) is 11.6 Å². The number of halogens is 1. The van der Waals surface area contributed by atoms with Gasteiger partial charge in [0.2, 0.25) is 0 Å². The summed E-state index contributed by atoms with van der Waals surface area (Å²) in [6.07, 6.45) is 1.48. The van der Waals surface area contributed by atoms with Gasteiger partial charge < -0.3 is 5.32 Å². The summed E-state index contributed by atoms with van der Waals surface area (Å²) >= 11 is 5.82. The van der Waals surface area contributed by atoms with Gasteiger partial charge in [-0.25, -0.2) is 5.43 Å². The molecule has 2 aromatic carbocycles. The second-order valence-electron chi connectivity index (χ2n) is 6.54. The van der Waals surface area contributed by atoms with Crippen LogP contribution in [0.4, 0.5) is 5.69 Å². The van der Waals surface area contributed by atoms with Crippen molar-refractivity contribution >= 4 is 35.3 Å². The normalized spacial score (nSPS) is 11.4. The van der Waals surface area contributed by atoms with Gasteiger partial charge in [0.15, 0.2) is 0 Å². The molecule has 0 atom stereocenters. The lowest BCUT2D eigenvalue weighted by molar-refractivity contribution is -0.136. The van der Waals surface area contributed by atoms with Gasteiger partial charge in [0.1, 0.15) is 0 Å². The van der Waals surface area contributed by atoms with Crippen LogP contribution in [0.2, 0.25) is 5.02 Å². The minimum absolute atomic E-state index is 0.0717. The van der Waals surface area contributed by atoms with Crippen LogP contribution < -0.4 is 10.7 Å². The van der Waals surface area contributed by atoms with Crippen molar-refractivity contribution in [2.75, 3.05) is 5.32 Å². The van der Waals surface area contributed by atoms with E-state index in [1.165, 1.54) is 11.8 Å². The van der Waals surface area contributed by atoms with Crippen LogP contribution in [-0.2, 0) is 15.0 Å². The molecule has 2 rings (SSSR count). The smallest absolute Gasteiger partial charge is 0.318 e. The van der Waals surface area contributed by atoms with Gasteiger partial charge in [0.25, 0.3) is 0 Å². The summed E-state index contributed by atoms with van der Waals surface area (Å²) < 4.78 is 0. The van der Waals surface area contributed by atoms with Crippen LogP contribution in [-0.4, -0.2) is 18.0 Å². The molecule has 0 aliphatic heterocycles. The van der Waals surface area contributed by atoms with Gasteiger partial charge in [-0.05, 0) is 34.7 Å². The number of amides is 2. The van der Waals surface area contributed by atoms with Gasteiger partial charge in [0.05, 0.1) is 6.21 Å². The Morgan fingerprint density at radius 1 is 1.04 bits per heavy atom. The molecule has 5 nitrogen and oxygen atoms in total. The maximum atomic E-state index is 11.8. The van der Waals surface area contributed by atoms with Crippen molar-refractivity contribution in [1.29, 1.82) is 0 Å². The summed E-state index contributed by atoms with van der Waals surface area (Å²) in [5.41, 5.74) is 4.73. The van der Waals surface area contributed by atoms with Crippen molar-refractivity contribution < 1.29 is 9.59 Å². The Labute approximate surface area is 152 Å². The molecule has 0 spiro atoms. The average Bonchev–Trinajstić information content (AvgIpc) is 2.54. The van der Waals surface area contributed by atoms with Crippen LogP contribution in [0.5, 0.6) is 0 Å². The van der Waals surface area contributed by atoms with E-state index in [1.807, 2.05) is 24.3 Å². The third-order valence-electron chi connectivity index (χ3n) is 3.45. The predicted octanol–water partition coefficient (Wildman–Crippen LogP) is 3.73. The molecule has 2 aromatic rings. The fourth-order valence-corrected chi connectivity index (χ4v) is 2.23. The third-order valence-corrected chi connectivity index (χ3v) is 3.68. The van der Waals surface area contributed by atoms with Crippen molar-refractivity contribution in [1.82, 2.24) is 5.43 Å². The first kappa shape index (κ1) is 18.7. The molecule has 25 heavy (non-hydrogen) atoms. The molecular weight excluding hydrogens is 338 g/mol. The molecule has 0 aromatic heterocycles. The summed E-state index contributed by atoms with van der Waals surface area (Å²) in [7, 11) is 0. The van der Waals surface area contributed by atoms with E-state index in [2.05, 4.69) is 36.6 Å². The molecule has 0 aliphatic carbocycles. The summed E-state index contributed by atoms with van der Waals surface area (Å²) in [5, 5.41) is 6.72. The highest BCUT2D eigenvalue weighted by atomic mass is 35.5. The number of benzene rings is 2. The lowest BCUT2D eigenvalue weighted by Crippen LogP contribution is -2.32. The second kappa shape index (κ2) is 7.94. The molecule has 0 aliphatic rings. The van der Waals surface area contributed by atoms with E-state index in [9.17, 15) is 9.59 Å². The highest BCUT2D eigenvalue weighted by Crippen LogP contribution is 2.21. The maximum absolute atomic E-state index is 11.8. The summed E-state index contributed by atoms with van der Waals surface area (Å²) in [6, 6.07) is 14.4. The Balaban J connectivity index is 1.90. The SMILES string of the molecule is CC(C)(C)c1ccc(/C=N\NC(=O)C(=O)Nc2cccc(Cl)c2)cc1. The van der Waals surface area contributed by atoms with Gasteiger partial charge in [-0.3, -0.25) is 9.59 Å². The molecule has 0 unspecified atom stereocenters. The van der Waals surface area contributed by atoms with Crippen LogP contribution in [0.25, 0.3) is 0 Å². The minimum atomic E-state index is -0.859. The van der Waals surface area contributed by atoms with Gasteiger partial charge >= 0.3 is 11.8 Å². The summed E-state index contributed by atoms with van der Waals surface area (Å²) in [6.45, 7) is 6.40. The van der Waals surface area contributed by atoms with Crippen LogP contribution in [0.15, 0.2) is 53.6 Å². The number of carbonyl (C=O) groups excluding carboxylic acids is 2. The van der Waals surface area contributed by atoms with E-state index >= 15 is 0 Å². The number of rotatable bonds is 3. The average molecular weight is 358 g/mol. The lowest BCUT2D eigenvalue weighted by atomic mass is 9.87. The van der Waals surface area contributed by atoms with Gasteiger partial charge in [-0.15, -0.1) is 0 Å². The molecule has 2 N–H and O–H groups in total. The van der Waals surface area contributed by atoms with E-state index in [0.717, 1.165) is 5.56 Å².